The predicted molar refractivity (Wildman–Crippen MR) is 60.8 cm³/mol. The van der Waals surface area contributed by atoms with Crippen molar-refractivity contribution in [1.82, 2.24) is 4.98 Å². The molecule has 1 N–H and O–H groups in total. The van der Waals surface area contributed by atoms with Crippen molar-refractivity contribution in [3.63, 3.8) is 0 Å². The van der Waals surface area contributed by atoms with Gasteiger partial charge in [0.2, 0.25) is 0 Å². The zero-order valence-electron chi connectivity index (χ0n) is 9.17. The van der Waals surface area contributed by atoms with Crippen LogP contribution in [0.2, 0.25) is 0 Å². The number of fused-ring (bicyclic) bond motifs is 1. The molecular weight excluding hydrogens is 229 g/mol. The summed E-state index contributed by atoms with van der Waals surface area (Å²) in [6.45, 7) is 2.46. The van der Waals surface area contributed by atoms with Gasteiger partial charge in [0.25, 0.3) is 6.43 Å². The van der Waals surface area contributed by atoms with Crippen molar-refractivity contribution in [1.29, 1.82) is 0 Å². The summed E-state index contributed by atoms with van der Waals surface area (Å²) in [4.78, 5) is 3.75. The summed E-state index contributed by atoms with van der Waals surface area (Å²) in [6, 6.07) is 5.27. The third kappa shape index (κ3) is 2.33. The molecule has 1 heterocycles. The molecule has 1 aromatic carbocycles. The number of halogens is 3. The van der Waals surface area contributed by atoms with E-state index in [1.54, 1.807) is 0 Å². The maximum absolute atomic E-state index is 13.0. The van der Waals surface area contributed by atoms with E-state index in [1.165, 1.54) is 18.2 Å². The van der Waals surface area contributed by atoms with E-state index >= 15 is 0 Å². The first-order valence-electron chi connectivity index (χ1n) is 5.24. The minimum atomic E-state index is -2.67. The number of alkyl halides is 2. The number of benzene rings is 1. The van der Waals surface area contributed by atoms with Crippen LogP contribution in [0.25, 0.3) is 10.9 Å². The lowest BCUT2D eigenvalue weighted by Crippen LogP contribution is -2.01. The quantitative estimate of drug-likeness (QED) is 0.883. The predicted octanol–water partition coefficient (Wildman–Crippen LogP) is 3.74. The molecule has 0 radical (unpaired) electrons. The molecule has 2 aromatic rings. The Kier molecular flexibility index (Phi) is 3.17. The monoisotopic (exact) mass is 240 g/mol. The number of hydrogen-bond acceptors (Lipinski definition) is 2. The van der Waals surface area contributed by atoms with Crippen LogP contribution in [0.3, 0.4) is 0 Å². The number of hydrogen-bond donors (Lipinski definition) is 1. The molecule has 0 amide bonds. The van der Waals surface area contributed by atoms with Gasteiger partial charge in [-0.15, -0.1) is 0 Å². The van der Waals surface area contributed by atoms with E-state index in [2.05, 4.69) is 10.3 Å². The van der Waals surface area contributed by atoms with Crippen LogP contribution in [0.1, 0.15) is 19.0 Å². The number of nitrogens with one attached hydrogen (secondary N) is 1. The fraction of sp³-hybridized carbons (Fsp3) is 0.250. The number of anilines is 1. The van der Waals surface area contributed by atoms with Crippen molar-refractivity contribution in [2.45, 2.75) is 13.3 Å². The molecular formula is C12H11F3N2. The van der Waals surface area contributed by atoms with Gasteiger partial charge in [0.1, 0.15) is 11.5 Å². The van der Waals surface area contributed by atoms with Crippen molar-refractivity contribution >= 4 is 16.6 Å². The highest BCUT2D eigenvalue weighted by atomic mass is 19.3. The van der Waals surface area contributed by atoms with Crippen LogP contribution in [0, 0.1) is 5.82 Å². The molecule has 5 heteroatoms. The van der Waals surface area contributed by atoms with Gasteiger partial charge in [-0.05, 0) is 25.1 Å². The Balaban J connectivity index is 2.67. The molecule has 2 nitrogen and oxygen atoms in total. The van der Waals surface area contributed by atoms with E-state index < -0.39 is 12.2 Å². The number of nitrogens with zero attached hydrogens (tertiary/aromatic N) is 1. The van der Waals surface area contributed by atoms with Gasteiger partial charge in [-0.2, -0.15) is 0 Å². The summed E-state index contributed by atoms with van der Waals surface area (Å²) >= 11 is 0. The van der Waals surface area contributed by atoms with Crippen LogP contribution in [-0.4, -0.2) is 11.5 Å². The molecule has 0 saturated carbocycles. The molecule has 0 aliphatic rings. The molecule has 0 aliphatic heterocycles. The smallest absolute Gasteiger partial charge is 0.280 e. The SMILES string of the molecule is CCNc1cc(C(F)F)nc2cc(F)ccc12. The van der Waals surface area contributed by atoms with E-state index in [-0.39, 0.29) is 11.2 Å². The second-order valence-electron chi connectivity index (χ2n) is 3.59. The summed E-state index contributed by atoms with van der Waals surface area (Å²) in [5.74, 6) is -0.487. The summed E-state index contributed by atoms with van der Waals surface area (Å²) in [7, 11) is 0. The standard InChI is InChI=1S/C12H11F3N2/c1-2-16-9-6-11(12(14)15)17-10-5-7(13)3-4-8(9)10/h3-6,12H,2H2,1H3,(H,16,17). The van der Waals surface area contributed by atoms with Crippen molar-refractivity contribution in [2.75, 3.05) is 11.9 Å². The zero-order chi connectivity index (χ0) is 12.4. The lowest BCUT2D eigenvalue weighted by molar-refractivity contribution is 0.146. The highest BCUT2D eigenvalue weighted by molar-refractivity contribution is 5.91. The van der Waals surface area contributed by atoms with E-state index in [4.69, 9.17) is 0 Å². The van der Waals surface area contributed by atoms with E-state index in [1.807, 2.05) is 6.92 Å². The fourth-order valence-corrected chi connectivity index (χ4v) is 1.67. The molecule has 0 bridgehead atoms. The Hall–Kier alpha value is -1.78. The fourth-order valence-electron chi connectivity index (χ4n) is 1.67. The van der Waals surface area contributed by atoms with E-state index in [0.29, 0.717) is 17.6 Å². The number of rotatable bonds is 3. The van der Waals surface area contributed by atoms with Crippen molar-refractivity contribution in [2.24, 2.45) is 0 Å². The Morgan fingerprint density at radius 3 is 2.71 bits per heavy atom. The van der Waals surface area contributed by atoms with Crippen molar-refractivity contribution in [3.05, 3.63) is 35.8 Å². The number of pyridine rings is 1. The highest BCUT2D eigenvalue weighted by Gasteiger charge is 2.13. The summed E-state index contributed by atoms with van der Waals surface area (Å²) < 4.78 is 38.3. The second kappa shape index (κ2) is 4.61. The molecule has 2 rings (SSSR count). The van der Waals surface area contributed by atoms with Crippen LogP contribution in [0.5, 0.6) is 0 Å². The van der Waals surface area contributed by atoms with Gasteiger partial charge in [0.05, 0.1) is 5.52 Å². The second-order valence-corrected chi connectivity index (χ2v) is 3.59. The van der Waals surface area contributed by atoms with Gasteiger partial charge in [0, 0.05) is 23.7 Å². The maximum atomic E-state index is 13.0. The largest absolute Gasteiger partial charge is 0.385 e. The minimum absolute atomic E-state index is 0.235. The van der Waals surface area contributed by atoms with Crippen LogP contribution in [0.4, 0.5) is 18.9 Å². The van der Waals surface area contributed by atoms with Gasteiger partial charge in [-0.25, -0.2) is 18.2 Å². The number of aromatic nitrogens is 1. The van der Waals surface area contributed by atoms with Crippen LogP contribution < -0.4 is 5.32 Å². The molecule has 0 saturated heterocycles. The lowest BCUT2D eigenvalue weighted by atomic mass is 10.1. The topological polar surface area (TPSA) is 24.9 Å². The first-order valence-corrected chi connectivity index (χ1v) is 5.24. The van der Waals surface area contributed by atoms with Crippen LogP contribution in [0.15, 0.2) is 24.3 Å². The highest BCUT2D eigenvalue weighted by Crippen LogP contribution is 2.28. The third-order valence-corrected chi connectivity index (χ3v) is 2.38. The van der Waals surface area contributed by atoms with Crippen molar-refractivity contribution in [3.8, 4) is 0 Å². The molecule has 0 unspecified atom stereocenters. The van der Waals surface area contributed by atoms with Crippen LogP contribution >= 0.6 is 0 Å². The minimum Gasteiger partial charge on any atom is -0.385 e. The molecule has 0 spiro atoms. The molecule has 0 atom stereocenters. The Morgan fingerprint density at radius 1 is 1.29 bits per heavy atom. The lowest BCUT2D eigenvalue weighted by Gasteiger charge is -2.10. The van der Waals surface area contributed by atoms with Gasteiger partial charge in [-0.3, -0.25) is 0 Å². The maximum Gasteiger partial charge on any atom is 0.280 e. The summed E-state index contributed by atoms with van der Waals surface area (Å²) in [5.41, 5.74) is 0.436. The Labute approximate surface area is 96.5 Å². The third-order valence-electron chi connectivity index (χ3n) is 2.38. The average molecular weight is 240 g/mol. The van der Waals surface area contributed by atoms with E-state index in [9.17, 15) is 13.2 Å². The molecule has 0 fully saturated rings. The Morgan fingerprint density at radius 2 is 2.06 bits per heavy atom. The normalized spacial score (nSPS) is 11.1. The first-order chi connectivity index (χ1) is 8.11. The first kappa shape index (κ1) is 11.7. The molecule has 1 aromatic heterocycles. The van der Waals surface area contributed by atoms with E-state index in [0.717, 1.165) is 6.07 Å². The van der Waals surface area contributed by atoms with Gasteiger partial charge in [-0.1, -0.05) is 0 Å². The average Bonchev–Trinajstić information content (AvgIpc) is 2.28. The summed E-state index contributed by atoms with van der Waals surface area (Å²) in [6.07, 6.45) is -2.67. The molecule has 17 heavy (non-hydrogen) atoms. The summed E-state index contributed by atoms with van der Waals surface area (Å²) in [5, 5.41) is 3.61. The molecule has 0 aliphatic carbocycles. The van der Waals surface area contributed by atoms with Gasteiger partial charge >= 0.3 is 0 Å². The molecule has 90 valence electrons. The van der Waals surface area contributed by atoms with Gasteiger partial charge in [0.15, 0.2) is 0 Å². The Bertz CT molecular complexity index is 541. The van der Waals surface area contributed by atoms with Gasteiger partial charge < -0.3 is 5.32 Å². The van der Waals surface area contributed by atoms with Crippen molar-refractivity contribution < 1.29 is 13.2 Å². The van der Waals surface area contributed by atoms with Crippen LogP contribution in [-0.2, 0) is 0 Å². The zero-order valence-corrected chi connectivity index (χ0v) is 9.17.